The second-order valence-corrected chi connectivity index (χ2v) is 6.61. The van der Waals surface area contributed by atoms with Crippen LogP contribution in [0.2, 0.25) is 5.02 Å². The van der Waals surface area contributed by atoms with E-state index >= 15 is 0 Å². The van der Waals surface area contributed by atoms with Gasteiger partial charge in [-0.15, -0.1) is 0 Å². The lowest BCUT2D eigenvalue weighted by Gasteiger charge is -2.25. The molecule has 0 bridgehead atoms. The molecule has 1 saturated carbocycles. The Balaban J connectivity index is 2.02. The number of nitrogens with one attached hydrogen (secondary N) is 1. The van der Waals surface area contributed by atoms with Crippen LogP contribution in [0.15, 0.2) is 24.3 Å². The third-order valence-electron chi connectivity index (χ3n) is 4.78. The maximum Gasteiger partial charge on any atom is 0.0438 e. The quantitative estimate of drug-likeness (QED) is 0.739. The van der Waals surface area contributed by atoms with Gasteiger partial charge in [0.05, 0.1) is 0 Å². The molecule has 112 valence electrons. The van der Waals surface area contributed by atoms with Gasteiger partial charge in [0.25, 0.3) is 0 Å². The second kappa shape index (κ2) is 8.05. The lowest BCUT2D eigenvalue weighted by molar-refractivity contribution is 0.344. The average molecular weight is 294 g/mol. The van der Waals surface area contributed by atoms with Gasteiger partial charge in [-0.2, -0.15) is 0 Å². The Kier molecular flexibility index (Phi) is 6.38. The predicted octanol–water partition coefficient (Wildman–Crippen LogP) is 5.08. The maximum absolute atomic E-state index is 6.34. The summed E-state index contributed by atoms with van der Waals surface area (Å²) in [5, 5.41) is 4.69. The number of rotatable bonds is 7. The van der Waals surface area contributed by atoms with Crippen LogP contribution in [-0.4, -0.2) is 12.6 Å². The van der Waals surface area contributed by atoms with Crippen molar-refractivity contribution < 1.29 is 0 Å². The first-order chi connectivity index (χ1) is 9.74. The fourth-order valence-corrected chi connectivity index (χ4v) is 3.70. The smallest absolute Gasteiger partial charge is 0.0438 e. The van der Waals surface area contributed by atoms with Gasteiger partial charge in [-0.05, 0) is 55.7 Å². The molecule has 0 amide bonds. The van der Waals surface area contributed by atoms with Gasteiger partial charge in [0.15, 0.2) is 0 Å². The van der Waals surface area contributed by atoms with E-state index in [4.69, 9.17) is 11.6 Å². The molecule has 0 radical (unpaired) electrons. The molecule has 1 N–H and O–H groups in total. The molecule has 1 aliphatic carbocycles. The molecule has 0 heterocycles. The highest BCUT2D eigenvalue weighted by molar-refractivity contribution is 6.31. The lowest BCUT2D eigenvalue weighted by Crippen LogP contribution is -2.37. The first-order valence-electron chi connectivity index (χ1n) is 8.21. The van der Waals surface area contributed by atoms with Crippen molar-refractivity contribution in [1.82, 2.24) is 5.32 Å². The normalized spacial score (nSPS) is 23.9. The minimum absolute atomic E-state index is 0.589. The van der Waals surface area contributed by atoms with E-state index in [1.54, 1.807) is 0 Å². The van der Waals surface area contributed by atoms with Crippen LogP contribution in [0.5, 0.6) is 0 Å². The standard InChI is InChI=1S/C18H28ClN/c1-3-11-20-18(16-10-9-14(4-2)12-16)13-15-7-5-6-8-17(15)19/h5-8,14,16,18,20H,3-4,9-13H2,1-2H3. The molecule has 0 aliphatic heterocycles. The van der Waals surface area contributed by atoms with Crippen LogP contribution >= 0.6 is 11.6 Å². The first kappa shape index (κ1) is 15.9. The molecule has 1 aromatic rings. The summed E-state index contributed by atoms with van der Waals surface area (Å²) in [6.07, 6.45) is 7.79. The molecule has 1 aliphatic rings. The molecular weight excluding hydrogens is 266 g/mol. The molecule has 1 fully saturated rings. The highest BCUT2D eigenvalue weighted by atomic mass is 35.5. The van der Waals surface area contributed by atoms with E-state index in [9.17, 15) is 0 Å². The molecule has 3 unspecified atom stereocenters. The van der Waals surface area contributed by atoms with E-state index in [1.165, 1.54) is 37.7 Å². The van der Waals surface area contributed by atoms with Crippen molar-refractivity contribution in [3.8, 4) is 0 Å². The zero-order valence-corrected chi connectivity index (χ0v) is 13.6. The van der Waals surface area contributed by atoms with Crippen molar-refractivity contribution in [1.29, 1.82) is 0 Å². The molecule has 1 nitrogen and oxygen atoms in total. The van der Waals surface area contributed by atoms with Crippen molar-refractivity contribution in [2.24, 2.45) is 11.8 Å². The number of hydrogen-bond donors (Lipinski definition) is 1. The molecule has 1 aromatic carbocycles. The lowest BCUT2D eigenvalue weighted by atomic mass is 9.90. The molecule has 20 heavy (non-hydrogen) atoms. The topological polar surface area (TPSA) is 12.0 Å². The summed E-state index contributed by atoms with van der Waals surface area (Å²) in [4.78, 5) is 0. The molecule has 2 heteroatoms. The Labute approximate surface area is 129 Å². The van der Waals surface area contributed by atoms with E-state index in [-0.39, 0.29) is 0 Å². The Hall–Kier alpha value is -0.530. The number of halogens is 1. The Bertz CT molecular complexity index is 404. The van der Waals surface area contributed by atoms with Crippen molar-refractivity contribution in [2.45, 2.75) is 58.4 Å². The number of hydrogen-bond acceptors (Lipinski definition) is 1. The van der Waals surface area contributed by atoms with Gasteiger partial charge in [-0.25, -0.2) is 0 Å². The van der Waals surface area contributed by atoms with Crippen molar-refractivity contribution in [3.63, 3.8) is 0 Å². The summed E-state index contributed by atoms with van der Waals surface area (Å²) in [7, 11) is 0. The summed E-state index contributed by atoms with van der Waals surface area (Å²) >= 11 is 6.34. The zero-order chi connectivity index (χ0) is 14.4. The summed E-state index contributed by atoms with van der Waals surface area (Å²) in [6.45, 7) is 5.68. The summed E-state index contributed by atoms with van der Waals surface area (Å²) in [6, 6.07) is 8.89. The van der Waals surface area contributed by atoms with Crippen LogP contribution in [-0.2, 0) is 6.42 Å². The van der Waals surface area contributed by atoms with Crippen molar-refractivity contribution in [3.05, 3.63) is 34.9 Å². The molecule has 0 spiro atoms. The maximum atomic E-state index is 6.34. The van der Waals surface area contributed by atoms with Crippen LogP contribution in [0.25, 0.3) is 0 Å². The highest BCUT2D eigenvalue weighted by Crippen LogP contribution is 2.36. The van der Waals surface area contributed by atoms with Crippen LogP contribution in [0.4, 0.5) is 0 Å². The van der Waals surface area contributed by atoms with E-state index < -0.39 is 0 Å². The van der Waals surface area contributed by atoms with Crippen LogP contribution in [0, 0.1) is 11.8 Å². The first-order valence-corrected chi connectivity index (χ1v) is 8.59. The van der Waals surface area contributed by atoms with Crippen molar-refractivity contribution in [2.75, 3.05) is 6.54 Å². The van der Waals surface area contributed by atoms with Crippen molar-refractivity contribution >= 4 is 11.6 Å². The molecule has 0 saturated heterocycles. The Morgan fingerprint density at radius 1 is 1.25 bits per heavy atom. The Morgan fingerprint density at radius 3 is 2.70 bits per heavy atom. The van der Waals surface area contributed by atoms with E-state index in [0.717, 1.165) is 29.8 Å². The molecule has 0 aromatic heterocycles. The van der Waals surface area contributed by atoms with E-state index in [1.807, 2.05) is 12.1 Å². The van der Waals surface area contributed by atoms with E-state index in [2.05, 4.69) is 31.3 Å². The van der Waals surface area contributed by atoms with E-state index in [0.29, 0.717) is 6.04 Å². The fourth-order valence-electron chi connectivity index (χ4n) is 3.49. The zero-order valence-electron chi connectivity index (χ0n) is 12.9. The number of benzene rings is 1. The second-order valence-electron chi connectivity index (χ2n) is 6.20. The van der Waals surface area contributed by atoms with Gasteiger partial charge < -0.3 is 5.32 Å². The Morgan fingerprint density at radius 2 is 2.05 bits per heavy atom. The van der Waals surface area contributed by atoms with Crippen LogP contribution < -0.4 is 5.32 Å². The van der Waals surface area contributed by atoms with Gasteiger partial charge in [-0.3, -0.25) is 0 Å². The molecule has 3 atom stereocenters. The summed E-state index contributed by atoms with van der Waals surface area (Å²) < 4.78 is 0. The largest absolute Gasteiger partial charge is 0.313 e. The van der Waals surface area contributed by atoms with Crippen LogP contribution in [0.1, 0.15) is 51.5 Å². The summed E-state index contributed by atoms with van der Waals surface area (Å²) in [5.74, 6) is 1.76. The third kappa shape index (κ3) is 4.23. The predicted molar refractivity (Wildman–Crippen MR) is 88.4 cm³/mol. The monoisotopic (exact) mass is 293 g/mol. The summed E-state index contributed by atoms with van der Waals surface area (Å²) in [5.41, 5.74) is 1.29. The SMILES string of the molecule is CCCNC(Cc1ccccc1Cl)C1CCC(CC)C1. The van der Waals surface area contributed by atoms with Gasteiger partial charge in [0.1, 0.15) is 0 Å². The van der Waals surface area contributed by atoms with Crippen LogP contribution in [0.3, 0.4) is 0 Å². The minimum atomic E-state index is 0.589. The average Bonchev–Trinajstić information content (AvgIpc) is 2.94. The minimum Gasteiger partial charge on any atom is -0.313 e. The van der Waals surface area contributed by atoms with Gasteiger partial charge in [0, 0.05) is 11.1 Å². The molecule has 2 rings (SSSR count). The van der Waals surface area contributed by atoms with Gasteiger partial charge in [-0.1, -0.05) is 56.5 Å². The van der Waals surface area contributed by atoms with Gasteiger partial charge >= 0.3 is 0 Å². The third-order valence-corrected chi connectivity index (χ3v) is 5.15. The highest BCUT2D eigenvalue weighted by Gasteiger charge is 2.29. The van der Waals surface area contributed by atoms with Gasteiger partial charge in [0.2, 0.25) is 0 Å². The fraction of sp³-hybridized carbons (Fsp3) is 0.667. The molecular formula is C18H28ClN.